The number of rotatable bonds is 5. The van der Waals surface area contributed by atoms with Crippen LogP contribution in [0.15, 0.2) is 47.1 Å². The fourth-order valence-corrected chi connectivity index (χ4v) is 4.73. The van der Waals surface area contributed by atoms with E-state index in [1.807, 2.05) is 41.4 Å². The topological polar surface area (TPSA) is 59.6 Å². The monoisotopic (exact) mass is 495 g/mol. The van der Waals surface area contributed by atoms with Crippen LogP contribution in [0.2, 0.25) is 10.0 Å². The number of fused-ring (bicyclic) bond motifs is 1. The van der Waals surface area contributed by atoms with Crippen LogP contribution in [0.3, 0.4) is 0 Å². The molecule has 3 aromatic rings. The maximum absolute atomic E-state index is 12.1. The summed E-state index contributed by atoms with van der Waals surface area (Å²) in [6, 6.07) is 10.7. The van der Waals surface area contributed by atoms with E-state index in [2.05, 4.69) is 25.8 Å². The number of carboxylic acid groups (broad SMARTS) is 1. The van der Waals surface area contributed by atoms with E-state index in [0.717, 1.165) is 46.1 Å². The summed E-state index contributed by atoms with van der Waals surface area (Å²) in [5.74, 6) is -0.831. The third-order valence-electron chi connectivity index (χ3n) is 5.39. The van der Waals surface area contributed by atoms with E-state index < -0.39 is 12.0 Å². The van der Waals surface area contributed by atoms with Gasteiger partial charge in [-0.1, -0.05) is 51.3 Å². The van der Waals surface area contributed by atoms with Crippen molar-refractivity contribution in [2.45, 2.75) is 12.6 Å². The van der Waals surface area contributed by atoms with Gasteiger partial charge in [-0.3, -0.25) is 14.6 Å². The molecule has 8 heteroatoms. The lowest BCUT2D eigenvalue weighted by molar-refractivity contribution is -0.144. The van der Waals surface area contributed by atoms with Crippen molar-refractivity contribution in [1.82, 2.24) is 14.8 Å². The van der Waals surface area contributed by atoms with E-state index in [1.165, 1.54) is 0 Å². The molecule has 0 aliphatic carbocycles. The second-order valence-corrected chi connectivity index (χ2v) is 8.98. The number of nitrogens with one attached hydrogen (secondary N) is 1. The Morgan fingerprint density at radius 3 is 2.59 bits per heavy atom. The van der Waals surface area contributed by atoms with Gasteiger partial charge < -0.3 is 10.1 Å². The first-order valence-corrected chi connectivity index (χ1v) is 10.9. The highest BCUT2D eigenvalue weighted by molar-refractivity contribution is 9.10. The van der Waals surface area contributed by atoms with Gasteiger partial charge in [-0.05, 0) is 29.8 Å². The summed E-state index contributed by atoms with van der Waals surface area (Å²) in [7, 11) is 0. The Hall–Kier alpha value is -1.57. The second-order valence-electron chi connectivity index (χ2n) is 7.22. The van der Waals surface area contributed by atoms with Crippen LogP contribution in [0, 0.1) is 0 Å². The van der Waals surface area contributed by atoms with Crippen molar-refractivity contribution in [2.75, 3.05) is 26.2 Å². The molecule has 1 fully saturated rings. The van der Waals surface area contributed by atoms with Crippen LogP contribution >= 0.6 is 39.1 Å². The number of aromatic amines is 1. The van der Waals surface area contributed by atoms with Gasteiger partial charge in [0.2, 0.25) is 0 Å². The van der Waals surface area contributed by atoms with Crippen molar-refractivity contribution in [3.63, 3.8) is 0 Å². The smallest absolute Gasteiger partial charge is 0.325 e. The number of benzene rings is 2. The summed E-state index contributed by atoms with van der Waals surface area (Å²) in [5, 5.41) is 12.2. The first kappa shape index (κ1) is 20.7. The zero-order chi connectivity index (χ0) is 20.5. The first-order valence-electron chi connectivity index (χ1n) is 9.32. The number of H-pyrrole nitrogens is 1. The summed E-state index contributed by atoms with van der Waals surface area (Å²) in [5.41, 5.74) is 2.76. The molecule has 0 spiro atoms. The molecule has 0 amide bonds. The Labute approximate surface area is 187 Å². The highest BCUT2D eigenvalue weighted by Gasteiger charge is 2.32. The standard InChI is InChI=1S/C21H20BrCl2N3O2/c22-14-2-4-16-17(11-25-19(16)9-14)20(21(28)29)27-7-5-26(6-8-27)12-13-1-3-15(23)10-18(13)24/h1-4,9-11,20,25H,5-8,12H2,(H,28,29)/t20-/m0/s1. The van der Waals surface area contributed by atoms with Crippen molar-refractivity contribution in [3.05, 3.63) is 68.2 Å². The molecule has 1 saturated heterocycles. The highest BCUT2D eigenvalue weighted by Crippen LogP contribution is 2.31. The molecular formula is C21H20BrCl2N3O2. The predicted molar refractivity (Wildman–Crippen MR) is 120 cm³/mol. The Bertz CT molecular complexity index is 1050. The number of hydrogen-bond donors (Lipinski definition) is 2. The molecule has 2 aromatic carbocycles. The lowest BCUT2D eigenvalue weighted by Crippen LogP contribution is -2.48. The van der Waals surface area contributed by atoms with E-state index >= 15 is 0 Å². The quantitative estimate of drug-likeness (QED) is 0.510. The van der Waals surface area contributed by atoms with Crippen molar-refractivity contribution in [2.24, 2.45) is 0 Å². The van der Waals surface area contributed by atoms with Crippen molar-refractivity contribution < 1.29 is 9.90 Å². The van der Waals surface area contributed by atoms with Crippen LogP contribution in [-0.4, -0.2) is 52.0 Å². The van der Waals surface area contributed by atoms with Gasteiger partial charge in [0.05, 0.1) is 0 Å². The van der Waals surface area contributed by atoms with E-state index in [-0.39, 0.29) is 0 Å². The number of carboxylic acids is 1. The molecule has 1 aliphatic heterocycles. The molecule has 1 atom stereocenters. The molecular weight excluding hydrogens is 477 g/mol. The average Bonchev–Trinajstić information content (AvgIpc) is 3.08. The van der Waals surface area contributed by atoms with Gasteiger partial charge in [0.15, 0.2) is 0 Å². The van der Waals surface area contributed by atoms with Gasteiger partial charge in [-0.2, -0.15) is 0 Å². The molecule has 5 nitrogen and oxygen atoms in total. The van der Waals surface area contributed by atoms with E-state index in [1.54, 1.807) is 6.07 Å². The van der Waals surface area contributed by atoms with Gasteiger partial charge in [0.1, 0.15) is 6.04 Å². The second kappa shape index (κ2) is 8.66. The number of aromatic nitrogens is 1. The molecule has 2 N–H and O–H groups in total. The van der Waals surface area contributed by atoms with Crippen LogP contribution in [0.4, 0.5) is 0 Å². The average molecular weight is 497 g/mol. The summed E-state index contributed by atoms with van der Waals surface area (Å²) in [4.78, 5) is 19.7. The number of hydrogen-bond acceptors (Lipinski definition) is 3. The summed E-state index contributed by atoms with van der Waals surface area (Å²) >= 11 is 15.7. The summed E-state index contributed by atoms with van der Waals surface area (Å²) in [6.45, 7) is 3.62. The molecule has 1 aromatic heterocycles. The largest absolute Gasteiger partial charge is 0.480 e. The Morgan fingerprint density at radius 2 is 1.90 bits per heavy atom. The van der Waals surface area contributed by atoms with Crippen LogP contribution in [0.25, 0.3) is 10.9 Å². The lowest BCUT2D eigenvalue weighted by Gasteiger charge is -2.37. The van der Waals surface area contributed by atoms with Gasteiger partial charge in [0.25, 0.3) is 0 Å². The minimum Gasteiger partial charge on any atom is -0.480 e. The number of aliphatic carboxylic acids is 1. The lowest BCUT2D eigenvalue weighted by atomic mass is 10.0. The zero-order valence-electron chi connectivity index (χ0n) is 15.5. The van der Waals surface area contributed by atoms with Gasteiger partial charge in [-0.25, -0.2) is 0 Å². The number of piperazine rings is 1. The Kier molecular flexibility index (Phi) is 6.18. The molecule has 0 radical (unpaired) electrons. The molecule has 0 bridgehead atoms. The third kappa shape index (κ3) is 4.47. The highest BCUT2D eigenvalue weighted by atomic mass is 79.9. The fraction of sp³-hybridized carbons (Fsp3) is 0.286. The van der Waals surface area contributed by atoms with Gasteiger partial charge in [-0.15, -0.1) is 0 Å². The Morgan fingerprint density at radius 1 is 1.14 bits per heavy atom. The van der Waals surface area contributed by atoms with Crippen LogP contribution in [-0.2, 0) is 11.3 Å². The zero-order valence-corrected chi connectivity index (χ0v) is 18.6. The van der Waals surface area contributed by atoms with E-state index in [4.69, 9.17) is 23.2 Å². The van der Waals surface area contributed by atoms with Gasteiger partial charge >= 0.3 is 5.97 Å². The van der Waals surface area contributed by atoms with Gasteiger partial charge in [0, 0.05) is 69.9 Å². The minimum absolute atomic E-state index is 0.624. The maximum atomic E-state index is 12.1. The molecule has 2 heterocycles. The van der Waals surface area contributed by atoms with Crippen LogP contribution < -0.4 is 0 Å². The van der Waals surface area contributed by atoms with Crippen LogP contribution in [0.5, 0.6) is 0 Å². The summed E-state index contributed by atoms with van der Waals surface area (Å²) in [6.07, 6.45) is 1.82. The molecule has 29 heavy (non-hydrogen) atoms. The minimum atomic E-state index is -0.831. The normalized spacial score (nSPS) is 16.9. The van der Waals surface area contributed by atoms with Crippen molar-refractivity contribution in [1.29, 1.82) is 0 Å². The first-order chi connectivity index (χ1) is 13.9. The van der Waals surface area contributed by atoms with E-state index in [0.29, 0.717) is 23.1 Å². The number of nitrogens with zero attached hydrogens (tertiary/aromatic N) is 2. The molecule has 152 valence electrons. The number of carbonyl (C=O) groups is 1. The Balaban J connectivity index is 1.48. The molecule has 4 rings (SSSR count). The number of halogens is 3. The SMILES string of the molecule is O=C(O)[C@H](c1c[nH]c2cc(Br)ccc12)N1CCN(Cc2ccc(Cl)cc2Cl)CC1. The predicted octanol–water partition coefficient (Wildman–Crippen LogP) is 5.18. The van der Waals surface area contributed by atoms with Crippen molar-refractivity contribution in [3.8, 4) is 0 Å². The summed E-state index contributed by atoms with van der Waals surface area (Å²) < 4.78 is 0.958. The van der Waals surface area contributed by atoms with E-state index in [9.17, 15) is 9.90 Å². The van der Waals surface area contributed by atoms with Crippen molar-refractivity contribution >= 4 is 56.0 Å². The molecule has 0 saturated carbocycles. The third-order valence-corrected chi connectivity index (χ3v) is 6.47. The fourth-order valence-electron chi connectivity index (χ4n) is 3.90. The maximum Gasteiger partial charge on any atom is 0.325 e. The molecule has 1 aliphatic rings. The molecule has 0 unspecified atom stereocenters. The van der Waals surface area contributed by atoms with Crippen LogP contribution in [0.1, 0.15) is 17.2 Å².